The maximum Gasteiger partial charge on any atom is 0.306 e. The van der Waals surface area contributed by atoms with Crippen LogP contribution in [0.2, 0.25) is 0 Å². The van der Waals surface area contributed by atoms with E-state index in [-0.39, 0.29) is 25.2 Å². The van der Waals surface area contributed by atoms with E-state index in [2.05, 4.69) is 26.0 Å². The Balaban J connectivity index is 3.47. The predicted molar refractivity (Wildman–Crippen MR) is 224 cm³/mol. The molecule has 0 saturated carbocycles. The molecule has 0 heterocycles. The minimum absolute atomic E-state index is 0.0598. The van der Waals surface area contributed by atoms with Crippen molar-refractivity contribution >= 4 is 11.9 Å². The smallest absolute Gasteiger partial charge is 0.306 e. The number of carbonyl (C=O) groups is 2. The first-order valence-corrected chi connectivity index (χ1v) is 23.2. The molecule has 0 fully saturated rings. The van der Waals surface area contributed by atoms with Crippen molar-refractivity contribution in [3.63, 3.8) is 0 Å². The monoisotopic (exact) mass is 735 g/mol. The summed E-state index contributed by atoms with van der Waals surface area (Å²) in [6, 6.07) is 0. The topological polar surface area (TPSA) is 72.8 Å². The summed E-state index contributed by atoms with van der Waals surface area (Å²) in [7, 11) is 0. The average Bonchev–Trinajstić information content (AvgIpc) is 3.15. The molecule has 0 amide bonds. The Kier molecular flexibility index (Phi) is 42.9. The highest BCUT2D eigenvalue weighted by atomic mass is 16.6. The molecule has 0 aliphatic rings. The number of aliphatic hydroxyl groups excluding tert-OH is 1. The molecule has 308 valence electrons. The van der Waals surface area contributed by atoms with E-state index < -0.39 is 6.10 Å². The maximum absolute atomic E-state index is 12.2. The van der Waals surface area contributed by atoms with Gasteiger partial charge in [-0.25, -0.2) is 0 Å². The molecule has 0 aromatic carbocycles. The van der Waals surface area contributed by atoms with Crippen LogP contribution in [-0.2, 0) is 19.1 Å². The first kappa shape index (κ1) is 50.6. The third-order valence-electron chi connectivity index (χ3n) is 10.6. The van der Waals surface area contributed by atoms with Crippen molar-refractivity contribution < 1.29 is 24.2 Å². The highest BCUT2D eigenvalue weighted by Gasteiger charge is 2.16. The third kappa shape index (κ3) is 41.4. The van der Waals surface area contributed by atoms with E-state index in [1.54, 1.807) is 0 Å². The number of hydrogen-bond acceptors (Lipinski definition) is 5. The minimum atomic E-state index is -0.766. The molecular formula is C47H90O5. The second kappa shape index (κ2) is 44.0. The molecule has 0 unspecified atom stereocenters. The summed E-state index contributed by atoms with van der Waals surface area (Å²) >= 11 is 0. The summed E-state index contributed by atoms with van der Waals surface area (Å²) < 4.78 is 10.7. The van der Waals surface area contributed by atoms with Gasteiger partial charge in [0.25, 0.3) is 0 Å². The summed E-state index contributed by atoms with van der Waals surface area (Å²) in [5.74, 6) is -0.577. The van der Waals surface area contributed by atoms with Crippen LogP contribution >= 0.6 is 0 Å². The molecule has 0 aliphatic carbocycles. The zero-order chi connectivity index (χ0) is 37.8. The van der Waals surface area contributed by atoms with Gasteiger partial charge >= 0.3 is 11.9 Å². The molecular weight excluding hydrogens is 645 g/mol. The van der Waals surface area contributed by atoms with Crippen LogP contribution in [-0.4, -0.2) is 36.4 Å². The van der Waals surface area contributed by atoms with Crippen molar-refractivity contribution in [2.75, 3.05) is 13.2 Å². The fraction of sp³-hybridized carbons (Fsp3) is 0.915. The summed E-state index contributed by atoms with van der Waals surface area (Å²) in [5, 5.41) is 9.60. The molecule has 5 nitrogen and oxygen atoms in total. The van der Waals surface area contributed by atoms with Crippen molar-refractivity contribution in [3.8, 4) is 0 Å². The molecule has 0 saturated heterocycles. The molecule has 0 aromatic rings. The van der Waals surface area contributed by atoms with Crippen LogP contribution in [0.4, 0.5) is 0 Å². The largest absolute Gasteiger partial charge is 0.462 e. The molecule has 0 bridgehead atoms. The lowest BCUT2D eigenvalue weighted by Gasteiger charge is -2.15. The van der Waals surface area contributed by atoms with Gasteiger partial charge in [0, 0.05) is 12.8 Å². The predicted octanol–water partition coefficient (Wildman–Crippen LogP) is 14.9. The molecule has 1 N–H and O–H groups in total. The van der Waals surface area contributed by atoms with Crippen LogP contribution in [0.1, 0.15) is 258 Å². The summed E-state index contributed by atoms with van der Waals surface area (Å²) in [5.41, 5.74) is 0. The van der Waals surface area contributed by atoms with Crippen LogP contribution < -0.4 is 0 Å². The van der Waals surface area contributed by atoms with Gasteiger partial charge < -0.3 is 14.6 Å². The number of aliphatic hydroxyl groups is 1. The Labute approximate surface area is 324 Å². The second-order valence-corrected chi connectivity index (χ2v) is 15.8. The first-order chi connectivity index (χ1) is 25.6. The van der Waals surface area contributed by atoms with Gasteiger partial charge in [0.2, 0.25) is 0 Å². The van der Waals surface area contributed by atoms with Gasteiger partial charge in [-0.1, -0.05) is 219 Å². The Morgan fingerprint density at radius 1 is 0.423 bits per heavy atom. The fourth-order valence-electron chi connectivity index (χ4n) is 7.02. The molecule has 0 radical (unpaired) electrons. The minimum Gasteiger partial charge on any atom is -0.462 e. The van der Waals surface area contributed by atoms with Crippen molar-refractivity contribution in [3.05, 3.63) is 12.2 Å². The summed E-state index contributed by atoms with van der Waals surface area (Å²) in [4.78, 5) is 24.4. The van der Waals surface area contributed by atoms with Crippen molar-refractivity contribution in [2.45, 2.75) is 264 Å². The molecule has 1 atom stereocenters. The Morgan fingerprint density at radius 2 is 0.712 bits per heavy atom. The SMILES string of the molecule is CCCCCCCC/C=C\CCCCCCCCCCCC(=O)O[C@@H](CO)COC(=O)CCCCCCCCCCCCCCCCCCCCC. The van der Waals surface area contributed by atoms with Crippen LogP contribution in [0.3, 0.4) is 0 Å². The Bertz CT molecular complexity index is 750. The van der Waals surface area contributed by atoms with Crippen LogP contribution in [0, 0.1) is 0 Å². The number of hydrogen-bond donors (Lipinski definition) is 1. The number of unbranched alkanes of at least 4 members (excludes halogenated alkanes) is 33. The van der Waals surface area contributed by atoms with Crippen LogP contribution in [0.25, 0.3) is 0 Å². The van der Waals surface area contributed by atoms with E-state index in [1.165, 1.54) is 199 Å². The third-order valence-corrected chi connectivity index (χ3v) is 10.6. The molecule has 5 heteroatoms. The zero-order valence-corrected chi connectivity index (χ0v) is 35.1. The van der Waals surface area contributed by atoms with Gasteiger partial charge in [0.05, 0.1) is 6.61 Å². The highest BCUT2D eigenvalue weighted by Crippen LogP contribution is 2.16. The van der Waals surface area contributed by atoms with E-state index in [9.17, 15) is 14.7 Å². The average molecular weight is 735 g/mol. The lowest BCUT2D eigenvalue weighted by molar-refractivity contribution is -0.161. The molecule has 52 heavy (non-hydrogen) atoms. The van der Waals surface area contributed by atoms with Gasteiger partial charge in [-0.05, 0) is 38.5 Å². The number of esters is 2. The van der Waals surface area contributed by atoms with Crippen molar-refractivity contribution in [1.82, 2.24) is 0 Å². The second-order valence-electron chi connectivity index (χ2n) is 15.8. The number of ether oxygens (including phenoxy) is 2. The normalized spacial score (nSPS) is 12.1. The van der Waals surface area contributed by atoms with Gasteiger partial charge in [-0.3, -0.25) is 9.59 Å². The number of rotatable bonds is 43. The van der Waals surface area contributed by atoms with Crippen LogP contribution in [0.5, 0.6) is 0 Å². The van der Waals surface area contributed by atoms with E-state index >= 15 is 0 Å². The standard InChI is InChI=1S/C47H90O5/c1-3-5-7-9-11-13-15-17-19-21-23-25-27-29-31-33-35-37-39-41-46(49)51-44-45(43-48)52-47(50)42-40-38-36-34-32-30-28-26-24-22-20-18-16-14-12-10-8-6-4-2/h18,20,45,48H,3-17,19,21-44H2,1-2H3/b20-18-/t45-/m0/s1. The lowest BCUT2D eigenvalue weighted by atomic mass is 10.0. The molecule has 0 spiro atoms. The fourth-order valence-corrected chi connectivity index (χ4v) is 7.02. The van der Waals surface area contributed by atoms with Gasteiger partial charge in [0.15, 0.2) is 6.10 Å². The molecule has 0 aliphatic heterocycles. The quantitative estimate of drug-likeness (QED) is 0.0383. The van der Waals surface area contributed by atoms with Crippen LogP contribution in [0.15, 0.2) is 12.2 Å². The van der Waals surface area contributed by atoms with E-state index in [4.69, 9.17) is 9.47 Å². The number of carbonyl (C=O) groups excluding carboxylic acids is 2. The molecule has 0 aromatic heterocycles. The summed E-state index contributed by atoms with van der Waals surface area (Å²) in [6.45, 7) is 4.17. The summed E-state index contributed by atoms with van der Waals surface area (Å²) in [6.07, 6.45) is 51.5. The maximum atomic E-state index is 12.2. The van der Waals surface area contributed by atoms with Gasteiger partial charge in [0.1, 0.15) is 6.61 Å². The first-order valence-electron chi connectivity index (χ1n) is 23.2. The Morgan fingerprint density at radius 3 is 1.04 bits per heavy atom. The van der Waals surface area contributed by atoms with E-state index in [1.807, 2.05) is 0 Å². The number of allylic oxidation sites excluding steroid dienone is 2. The van der Waals surface area contributed by atoms with Gasteiger partial charge in [-0.2, -0.15) is 0 Å². The zero-order valence-electron chi connectivity index (χ0n) is 35.1. The van der Waals surface area contributed by atoms with Crippen molar-refractivity contribution in [1.29, 1.82) is 0 Å². The van der Waals surface area contributed by atoms with E-state index in [0.29, 0.717) is 12.8 Å². The van der Waals surface area contributed by atoms with Crippen molar-refractivity contribution in [2.24, 2.45) is 0 Å². The van der Waals surface area contributed by atoms with E-state index in [0.717, 1.165) is 32.1 Å². The Hall–Kier alpha value is -1.36. The highest BCUT2D eigenvalue weighted by molar-refractivity contribution is 5.70. The van der Waals surface area contributed by atoms with Gasteiger partial charge in [-0.15, -0.1) is 0 Å². The molecule has 0 rings (SSSR count). The lowest BCUT2D eigenvalue weighted by Crippen LogP contribution is -2.28.